The van der Waals surface area contributed by atoms with E-state index < -0.39 is 0 Å². The summed E-state index contributed by atoms with van der Waals surface area (Å²) in [4.78, 5) is 11.7. The SMILES string of the molecule is Nc1ccccc1OCC(=O)NCC1CCCOC1. The molecule has 1 aliphatic rings. The molecule has 1 aromatic rings. The molecule has 5 heteroatoms. The molecule has 0 spiro atoms. The Kier molecular flexibility index (Phi) is 5.03. The second-order valence-corrected chi connectivity index (χ2v) is 4.71. The molecule has 0 bridgehead atoms. The third kappa shape index (κ3) is 4.44. The number of nitrogens with two attached hydrogens (primary N) is 1. The van der Waals surface area contributed by atoms with Gasteiger partial charge in [0.25, 0.3) is 5.91 Å². The van der Waals surface area contributed by atoms with Gasteiger partial charge in [0.1, 0.15) is 5.75 Å². The average Bonchev–Trinajstić information content (AvgIpc) is 2.45. The van der Waals surface area contributed by atoms with E-state index in [1.807, 2.05) is 12.1 Å². The van der Waals surface area contributed by atoms with Crippen molar-refractivity contribution in [2.45, 2.75) is 12.8 Å². The Morgan fingerprint density at radius 3 is 3.05 bits per heavy atom. The van der Waals surface area contributed by atoms with Crippen LogP contribution in [-0.4, -0.2) is 32.3 Å². The quantitative estimate of drug-likeness (QED) is 0.783. The Hall–Kier alpha value is -1.75. The van der Waals surface area contributed by atoms with Gasteiger partial charge < -0.3 is 20.5 Å². The Labute approximate surface area is 113 Å². The predicted octanol–water partition coefficient (Wildman–Crippen LogP) is 1.19. The highest BCUT2D eigenvalue weighted by atomic mass is 16.5. The van der Waals surface area contributed by atoms with Gasteiger partial charge in [-0.05, 0) is 30.9 Å². The Morgan fingerprint density at radius 2 is 2.32 bits per heavy atom. The minimum atomic E-state index is -0.131. The van der Waals surface area contributed by atoms with Gasteiger partial charge in [0, 0.05) is 13.2 Å². The van der Waals surface area contributed by atoms with Gasteiger partial charge in [-0.15, -0.1) is 0 Å². The van der Waals surface area contributed by atoms with Crippen molar-refractivity contribution in [3.8, 4) is 5.75 Å². The van der Waals surface area contributed by atoms with Crippen molar-refractivity contribution in [1.29, 1.82) is 0 Å². The summed E-state index contributed by atoms with van der Waals surface area (Å²) in [5.74, 6) is 0.826. The molecule has 1 saturated heterocycles. The number of nitrogen functional groups attached to an aromatic ring is 1. The van der Waals surface area contributed by atoms with Crippen molar-refractivity contribution in [3.63, 3.8) is 0 Å². The van der Waals surface area contributed by atoms with E-state index in [0.717, 1.165) is 26.1 Å². The summed E-state index contributed by atoms with van der Waals surface area (Å²) in [6.07, 6.45) is 2.17. The van der Waals surface area contributed by atoms with Gasteiger partial charge in [-0.1, -0.05) is 12.1 Å². The van der Waals surface area contributed by atoms with Gasteiger partial charge in [0.05, 0.1) is 12.3 Å². The van der Waals surface area contributed by atoms with Crippen molar-refractivity contribution in [3.05, 3.63) is 24.3 Å². The molecule has 0 saturated carbocycles. The molecule has 1 heterocycles. The molecule has 5 nitrogen and oxygen atoms in total. The molecule has 1 unspecified atom stereocenters. The standard InChI is InChI=1S/C14H20N2O3/c15-12-5-1-2-6-13(12)19-10-14(17)16-8-11-4-3-7-18-9-11/h1-2,5-6,11H,3-4,7-10,15H2,(H,16,17). The highest BCUT2D eigenvalue weighted by molar-refractivity contribution is 5.77. The fourth-order valence-corrected chi connectivity index (χ4v) is 2.03. The summed E-state index contributed by atoms with van der Waals surface area (Å²) < 4.78 is 10.7. The third-order valence-corrected chi connectivity index (χ3v) is 3.12. The van der Waals surface area contributed by atoms with E-state index in [1.54, 1.807) is 12.1 Å². The summed E-state index contributed by atoms with van der Waals surface area (Å²) in [7, 11) is 0. The normalized spacial score (nSPS) is 18.8. The first-order valence-corrected chi connectivity index (χ1v) is 6.57. The monoisotopic (exact) mass is 264 g/mol. The van der Waals surface area contributed by atoms with Crippen LogP contribution < -0.4 is 15.8 Å². The van der Waals surface area contributed by atoms with Crippen LogP contribution in [0.5, 0.6) is 5.75 Å². The van der Waals surface area contributed by atoms with Crippen LogP contribution in [0.3, 0.4) is 0 Å². The molecule has 3 N–H and O–H groups in total. The minimum Gasteiger partial charge on any atom is -0.482 e. The molecule has 0 radical (unpaired) electrons. The first kappa shape index (κ1) is 13.7. The van der Waals surface area contributed by atoms with Crippen molar-refractivity contribution < 1.29 is 14.3 Å². The van der Waals surface area contributed by atoms with Crippen molar-refractivity contribution in [1.82, 2.24) is 5.32 Å². The lowest BCUT2D eigenvalue weighted by molar-refractivity contribution is -0.123. The fraction of sp³-hybridized carbons (Fsp3) is 0.500. The van der Waals surface area contributed by atoms with Crippen LogP contribution in [0, 0.1) is 5.92 Å². The first-order chi connectivity index (χ1) is 9.25. The smallest absolute Gasteiger partial charge is 0.257 e. The second-order valence-electron chi connectivity index (χ2n) is 4.71. The zero-order chi connectivity index (χ0) is 13.5. The van der Waals surface area contributed by atoms with E-state index in [0.29, 0.717) is 23.9 Å². The van der Waals surface area contributed by atoms with E-state index >= 15 is 0 Å². The highest BCUT2D eigenvalue weighted by Crippen LogP contribution is 2.19. The number of para-hydroxylation sites is 2. The fourth-order valence-electron chi connectivity index (χ4n) is 2.03. The highest BCUT2D eigenvalue weighted by Gasteiger charge is 2.14. The number of hydrogen-bond acceptors (Lipinski definition) is 4. The summed E-state index contributed by atoms with van der Waals surface area (Å²) >= 11 is 0. The van der Waals surface area contributed by atoms with Crippen molar-refractivity contribution in [2.24, 2.45) is 5.92 Å². The van der Waals surface area contributed by atoms with Crippen molar-refractivity contribution in [2.75, 3.05) is 32.1 Å². The van der Waals surface area contributed by atoms with Gasteiger partial charge in [0.2, 0.25) is 0 Å². The van der Waals surface area contributed by atoms with Gasteiger partial charge in [-0.2, -0.15) is 0 Å². The zero-order valence-corrected chi connectivity index (χ0v) is 10.9. The second kappa shape index (κ2) is 6.99. The minimum absolute atomic E-state index is 0.0121. The number of ether oxygens (including phenoxy) is 2. The van der Waals surface area contributed by atoms with Crippen LogP contribution in [0.15, 0.2) is 24.3 Å². The molecule has 1 fully saturated rings. The molecule has 1 atom stereocenters. The Balaban J connectivity index is 1.68. The van der Waals surface area contributed by atoms with Crippen LogP contribution in [0.25, 0.3) is 0 Å². The molecular formula is C14H20N2O3. The Morgan fingerprint density at radius 1 is 1.47 bits per heavy atom. The number of carbonyl (C=O) groups is 1. The molecule has 1 aromatic carbocycles. The molecule has 19 heavy (non-hydrogen) atoms. The summed E-state index contributed by atoms with van der Waals surface area (Å²) in [6, 6.07) is 7.14. The van der Waals surface area contributed by atoms with Gasteiger partial charge in [0.15, 0.2) is 6.61 Å². The van der Waals surface area contributed by atoms with Crippen LogP contribution in [-0.2, 0) is 9.53 Å². The maximum atomic E-state index is 11.7. The van der Waals surface area contributed by atoms with Crippen molar-refractivity contribution >= 4 is 11.6 Å². The maximum Gasteiger partial charge on any atom is 0.257 e. The average molecular weight is 264 g/mol. The number of carbonyl (C=O) groups excluding carboxylic acids is 1. The molecular weight excluding hydrogens is 244 g/mol. The number of anilines is 1. The number of benzene rings is 1. The van der Waals surface area contributed by atoms with Crippen LogP contribution in [0.1, 0.15) is 12.8 Å². The lowest BCUT2D eigenvalue weighted by Gasteiger charge is -2.22. The number of hydrogen-bond donors (Lipinski definition) is 2. The van der Waals surface area contributed by atoms with E-state index in [4.69, 9.17) is 15.2 Å². The predicted molar refractivity (Wildman–Crippen MR) is 72.9 cm³/mol. The molecule has 104 valence electrons. The van der Waals surface area contributed by atoms with E-state index in [1.165, 1.54) is 0 Å². The van der Waals surface area contributed by atoms with Gasteiger partial charge >= 0.3 is 0 Å². The maximum absolute atomic E-state index is 11.7. The van der Waals surface area contributed by atoms with Crippen LogP contribution in [0.2, 0.25) is 0 Å². The molecule has 0 aliphatic carbocycles. The lowest BCUT2D eigenvalue weighted by Crippen LogP contribution is -2.35. The van der Waals surface area contributed by atoms with Crippen LogP contribution in [0.4, 0.5) is 5.69 Å². The zero-order valence-electron chi connectivity index (χ0n) is 10.9. The van der Waals surface area contributed by atoms with Gasteiger partial charge in [-0.25, -0.2) is 0 Å². The molecule has 1 aliphatic heterocycles. The summed E-state index contributed by atoms with van der Waals surface area (Å²) in [5, 5.41) is 2.86. The largest absolute Gasteiger partial charge is 0.482 e. The van der Waals surface area contributed by atoms with Gasteiger partial charge in [-0.3, -0.25) is 4.79 Å². The third-order valence-electron chi connectivity index (χ3n) is 3.12. The van der Waals surface area contributed by atoms with E-state index in [9.17, 15) is 4.79 Å². The summed E-state index contributed by atoms with van der Waals surface area (Å²) in [6.45, 7) is 2.20. The lowest BCUT2D eigenvalue weighted by atomic mass is 10.0. The number of nitrogens with one attached hydrogen (secondary N) is 1. The topological polar surface area (TPSA) is 73.6 Å². The van der Waals surface area contributed by atoms with Crippen LogP contribution >= 0.6 is 0 Å². The van der Waals surface area contributed by atoms with E-state index in [2.05, 4.69) is 5.32 Å². The first-order valence-electron chi connectivity index (χ1n) is 6.57. The number of amides is 1. The Bertz CT molecular complexity index is 417. The summed E-state index contributed by atoms with van der Waals surface area (Å²) in [5.41, 5.74) is 6.26. The molecule has 2 rings (SSSR count). The van der Waals surface area contributed by atoms with E-state index in [-0.39, 0.29) is 12.5 Å². The molecule has 0 aromatic heterocycles. The molecule has 1 amide bonds. The number of rotatable bonds is 5.